The van der Waals surface area contributed by atoms with Crippen LogP contribution in [0.4, 0.5) is 0 Å². The lowest BCUT2D eigenvalue weighted by atomic mass is 9.84. The van der Waals surface area contributed by atoms with Crippen LogP contribution in [0.25, 0.3) is 6.08 Å². The summed E-state index contributed by atoms with van der Waals surface area (Å²) < 4.78 is 32.5. The van der Waals surface area contributed by atoms with Gasteiger partial charge in [0.05, 0.1) is 5.56 Å². The van der Waals surface area contributed by atoms with Gasteiger partial charge in [0.2, 0.25) is 8.32 Å². The Bertz CT molecular complexity index is 1140. The van der Waals surface area contributed by atoms with Gasteiger partial charge >= 0.3 is 0 Å². The molecular weight excluding hydrogens is 448 g/mol. The Labute approximate surface area is 198 Å². The normalized spacial score (nSPS) is 24.4. The molecule has 5 rings (SSSR count). The summed E-state index contributed by atoms with van der Waals surface area (Å²) in [4.78, 5) is 0. The number of fused-ring (bicyclic) bond motifs is 7. The van der Waals surface area contributed by atoms with Crippen LogP contribution in [0.3, 0.4) is 0 Å². The van der Waals surface area contributed by atoms with E-state index in [1.54, 1.807) is 0 Å². The fourth-order valence-corrected chi connectivity index (χ4v) is 7.06. The second-order valence-corrected chi connectivity index (χ2v) is 20.6. The van der Waals surface area contributed by atoms with Crippen molar-refractivity contribution in [2.75, 3.05) is 6.61 Å². The summed E-state index contributed by atoms with van der Waals surface area (Å²) in [7, 11) is -3.68. The third kappa shape index (κ3) is 4.00. The van der Waals surface area contributed by atoms with Gasteiger partial charge in [-0.1, -0.05) is 0 Å². The summed E-state index contributed by atoms with van der Waals surface area (Å²) in [5.41, 5.74) is 1.97. The van der Waals surface area contributed by atoms with Crippen molar-refractivity contribution >= 4 is 22.7 Å². The summed E-state index contributed by atoms with van der Waals surface area (Å²) in [6, 6.07) is 10.2. The molecule has 2 atom stereocenters. The number of ether oxygens (including phenoxy) is 3. The van der Waals surface area contributed by atoms with Crippen molar-refractivity contribution < 1.29 is 23.1 Å². The minimum absolute atomic E-state index is 0.293. The number of hydrogen-bond acceptors (Lipinski definition) is 5. The van der Waals surface area contributed by atoms with Crippen LogP contribution in [-0.2, 0) is 10.0 Å². The van der Waals surface area contributed by atoms with Crippen molar-refractivity contribution in [3.8, 4) is 23.0 Å². The van der Waals surface area contributed by atoms with Crippen molar-refractivity contribution in [2.24, 2.45) is 0 Å². The van der Waals surface area contributed by atoms with Crippen LogP contribution in [0.2, 0.25) is 39.3 Å². The molecule has 33 heavy (non-hydrogen) atoms. The van der Waals surface area contributed by atoms with Gasteiger partial charge in [0.1, 0.15) is 35.2 Å². The molecule has 5 nitrogen and oxygen atoms in total. The minimum atomic E-state index is -1.96. The highest BCUT2D eigenvalue weighted by molar-refractivity contribution is 6.70. The second kappa shape index (κ2) is 7.14. The lowest BCUT2D eigenvalue weighted by Crippen LogP contribution is -2.49. The third-order valence-corrected chi connectivity index (χ3v) is 7.74. The van der Waals surface area contributed by atoms with E-state index in [-0.39, 0.29) is 11.7 Å². The maximum atomic E-state index is 6.92. The second-order valence-electron chi connectivity index (χ2n) is 11.7. The standard InChI is InChI=1S/C26H34O5Si2/c1-25(2)14-13-18-21(29-25)12-11-20-23(18)28-24-19-10-9-17(30-32(3,4)5)15-22(19)27-16-26(20,24)31-33(6,7)8/h9-15,24H,16H2,1-8H3/t24-,26+/m1/s1. The highest BCUT2D eigenvalue weighted by Gasteiger charge is 2.57. The molecule has 176 valence electrons. The molecule has 0 spiro atoms. The van der Waals surface area contributed by atoms with E-state index < -0.39 is 22.2 Å². The summed E-state index contributed by atoms with van der Waals surface area (Å²) in [5.74, 6) is 3.32. The van der Waals surface area contributed by atoms with Crippen LogP contribution in [0, 0.1) is 0 Å². The number of rotatable bonds is 4. The molecule has 0 radical (unpaired) electrons. The van der Waals surface area contributed by atoms with Gasteiger partial charge in [0.15, 0.2) is 20.0 Å². The average molecular weight is 483 g/mol. The first-order valence-electron chi connectivity index (χ1n) is 11.6. The van der Waals surface area contributed by atoms with Crippen molar-refractivity contribution in [3.63, 3.8) is 0 Å². The van der Waals surface area contributed by atoms with Crippen LogP contribution in [0.1, 0.15) is 36.6 Å². The minimum Gasteiger partial charge on any atom is -0.544 e. The average Bonchev–Trinajstić information content (AvgIpc) is 2.98. The zero-order chi connectivity index (χ0) is 23.8. The Morgan fingerprint density at radius 2 is 1.70 bits per heavy atom. The Morgan fingerprint density at radius 3 is 2.39 bits per heavy atom. The van der Waals surface area contributed by atoms with Crippen LogP contribution in [0.15, 0.2) is 36.4 Å². The predicted molar refractivity (Wildman–Crippen MR) is 136 cm³/mol. The maximum Gasteiger partial charge on any atom is 0.242 e. The molecule has 0 N–H and O–H groups in total. The predicted octanol–water partition coefficient (Wildman–Crippen LogP) is 6.66. The van der Waals surface area contributed by atoms with E-state index in [2.05, 4.69) is 77.4 Å². The van der Waals surface area contributed by atoms with E-state index in [9.17, 15) is 0 Å². The van der Waals surface area contributed by atoms with E-state index in [1.165, 1.54) is 0 Å². The summed E-state index contributed by atoms with van der Waals surface area (Å²) in [6.45, 7) is 17.7. The molecule has 3 aliphatic rings. The molecule has 7 heteroatoms. The lowest BCUT2D eigenvalue weighted by molar-refractivity contribution is -0.0722. The van der Waals surface area contributed by atoms with Crippen LogP contribution in [0.5, 0.6) is 23.0 Å². The van der Waals surface area contributed by atoms with Gasteiger partial charge in [0.25, 0.3) is 0 Å². The fraction of sp³-hybridized carbons (Fsp3) is 0.462. The van der Waals surface area contributed by atoms with E-state index in [0.29, 0.717) is 6.61 Å². The number of hydrogen-bond donors (Lipinski definition) is 0. The van der Waals surface area contributed by atoms with Crippen molar-refractivity contribution in [3.05, 3.63) is 53.1 Å². The molecule has 0 aromatic heterocycles. The zero-order valence-corrected chi connectivity index (χ0v) is 22.9. The molecule has 0 fully saturated rings. The molecule has 0 unspecified atom stereocenters. The van der Waals surface area contributed by atoms with Crippen LogP contribution >= 0.6 is 0 Å². The van der Waals surface area contributed by atoms with Gasteiger partial charge < -0.3 is 23.1 Å². The van der Waals surface area contributed by atoms with E-state index in [1.807, 2.05) is 18.2 Å². The quantitative estimate of drug-likeness (QED) is 0.456. The van der Waals surface area contributed by atoms with Crippen molar-refractivity contribution in [2.45, 2.75) is 70.4 Å². The molecule has 0 bridgehead atoms. The first-order valence-corrected chi connectivity index (χ1v) is 18.5. The smallest absolute Gasteiger partial charge is 0.242 e. The molecule has 2 aromatic rings. The van der Waals surface area contributed by atoms with Gasteiger partial charge in [-0.05, 0) is 89.5 Å². The highest BCUT2D eigenvalue weighted by Crippen LogP contribution is 2.59. The van der Waals surface area contributed by atoms with Crippen LogP contribution < -0.4 is 18.6 Å². The maximum absolute atomic E-state index is 6.92. The van der Waals surface area contributed by atoms with Gasteiger partial charge in [0, 0.05) is 17.2 Å². The molecule has 3 aliphatic heterocycles. The largest absolute Gasteiger partial charge is 0.544 e. The molecule has 0 saturated heterocycles. The van der Waals surface area contributed by atoms with Gasteiger partial charge in [-0.3, -0.25) is 0 Å². The van der Waals surface area contributed by atoms with Crippen molar-refractivity contribution in [1.29, 1.82) is 0 Å². The third-order valence-electron chi connectivity index (χ3n) is 5.92. The molecule has 3 heterocycles. The van der Waals surface area contributed by atoms with E-state index in [0.717, 1.165) is 39.7 Å². The van der Waals surface area contributed by atoms with Gasteiger partial charge in [-0.15, -0.1) is 0 Å². The first kappa shape index (κ1) is 22.6. The summed E-state index contributed by atoms with van der Waals surface area (Å²) in [5, 5.41) is 0. The van der Waals surface area contributed by atoms with Gasteiger partial charge in [-0.25, -0.2) is 0 Å². The Morgan fingerprint density at radius 1 is 0.939 bits per heavy atom. The Hall–Kier alpha value is -2.23. The monoisotopic (exact) mass is 482 g/mol. The highest BCUT2D eigenvalue weighted by atomic mass is 28.4. The summed E-state index contributed by atoms with van der Waals surface area (Å²) in [6.07, 6.45) is 3.90. The zero-order valence-electron chi connectivity index (χ0n) is 20.9. The Balaban J connectivity index is 1.62. The summed E-state index contributed by atoms with van der Waals surface area (Å²) >= 11 is 0. The van der Waals surface area contributed by atoms with E-state index >= 15 is 0 Å². The number of benzene rings is 2. The Kier molecular flexibility index (Phi) is 4.88. The van der Waals surface area contributed by atoms with Crippen LogP contribution in [-0.4, -0.2) is 28.8 Å². The van der Waals surface area contributed by atoms with Crippen molar-refractivity contribution in [1.82, 2.24) is 0 Å². The topological polar surface area (TPSA) is 46.2 Å². The molecule has 0 aliphatic carbocycles. The molecule has 2 aromatic carbocycles. The molecule has 0 amide bonds. The molecular formula is C26H34O5Si2. The first-order chi connectivity index (χ1) is 15.3. The van der Waals surface area contributed by atoms with E-state index in [4.69, 9.17) is 23.1 Å². The lowest BCUT2D eigenvalue weighted by Gasteiger charge is -2.42. The molecule has 0 saturated carbocycles. The van der Waals surface area contributed by atoms with Gasteiger partial charge in [-0.2, -0.15) is 0 Å². The SMILES string of the molecule is CC1(C)C=Cc2c(ccc3c2O[C@@H]2c4ccc(O[Si](C)(C)C)cc4OC[C@]32O[Si](C)(C)C)O1. The fourth-order valence-electron chi connectivity index (χ4n) is 4.85.